The summed E-state index contributed by atoms with van der Waals surface area (Å²) in [4.78, 5) is 16.5. The van der Waals surface area contributed by atoms with E-state index in [9.17, 15) is 18.0 Å². The average molecular weight is 382 g/mol. The number of benzene rings is 2. The molecule has 0 bridgehead atoms. The van der Waals surface area contributed by atoms with Crippen molar-refractivity contribution in [3.8, 4) is 6.07 Å². The summed E-state index contributed by atoms with van der Waals surface area (Å²) < 4.78 is 38.5. The first kappa shape index (κ1) is 18.9. The van der Waals surface area contributed by atoms with Crippen molar-refractivity contribution in [2.75, 3.05) is 10.6 Å². The van der Waals surface area contributed by atoms with E-state index in [-0.39, 0.29) is 17.1 Å². The molecule has 0 aliphatic carbocycles. The second-order valence-electron chi connectivity index (χ2n) is 5.74. The molecule has 1 aromatic heterocycles. The van der Waals surface area contributed by atoms with Gasteiger partial charge in [0.1, 0.15) is 11.9 Å². The quantitative estimate of drug-likeness (QED) is 0.668. The number of amides is 1. The number of rotatable bonds is 4. The van der Waals surface area contributed by atoms with Crippen LogP contribution < -0.4 is 10.6 Å². The van der Waals surface area contributed by atoms with Crippen LogP contribution in [0.5, 0.6) is 0 Å². The number of aromatic nitrogens is 1. The Morgan fingerprint density at radius 3 is 2.57 bits per heavy atom. The minimum absolute atomic E-state index is 0.190. The molecule has 1 amide bonds. The number of pyridine rings is 1. The molecule has 0 aliphatic rings. The highest BCUT2D eigenvalue weighted by molar-refractivity contribution is 6.05. The Balaban J connectivity index is 1.79. The van der Waals surface area contributed by atoms with Crippen LogP contribution in [-0.4, -0.2) is 10.9 Å². The van der Waals surface area contributed by atoms with E-state index in [0.29, 0.717) is 11.3 Å². The lowest BCUT2D eigenvalue weighted by molar-refractivity contribution is -0.137. The number of nitriles is 1. The van der Waals surface area contributed by atoms with Crippen molar-refractivity contribution in [3.05, 3.63) is 83.6 Å². The van der Waals surface area contributed by atoms with Gasteiger partial charge in [0.25, 0.3) is 5.91 Å². The van der Waals surface area contributed by atoms with Gasteiger partial charge in [-0.15, -0.1) is 0 Å². The highest BCUT2D eigenvalue weighted by atomic mass is 19.4. The molecule has 0 saturated carbocycles. The van der Waals surface area contributed by atoms with Gasteiger partial charge in [0.2, 0.25) is 0 Å². The van der Waals surface area contributed by atoms with E-state index in [1.165, 1.54) is 30.5 Å². The molecule has 0 saturated heterocycles. The van der Waals surface area contributed by atoms with E-state index in [0.717, 1.165) is 12.1 Å². The summed E-state index contributed by atoms with van der Waals surface area (Å²) in [7, 11) is 0. The van der Waals surface area contributed by atoms with Crippen molar-refractivity contribution in [1.29, 1.82) is 5.26 Å². The largest absolute Gasteiger partial charge is 0.416 e. The lowest BCUT2D eigenvalue weighted by atomic mass is 10.1. The average Bonchev–Trinajstić information content (AvgIpc) is 2.68. The maximum Gasteiger partial charge on any atom is 0.416 e. The van der Waals surface area contributed by atoms with Crippen LogP contribution in [0.15, 0.2) is 66.9 Å². The van der Waals surface area contributed by atoms with Gasteiger partial charge in [-0.2, -0.15) is 18.4 Å². The third-order valence-corrected chi connectivity index (χ3v) is 3.78. The Bertz CT molecular complexity index is 1060. The van der Waals surface area contributed by atoms with Gasteiger partial charge < -0.3 is 10.6 Å². The minimum atomic E-state index is -4.46. The Labute approximate surface area is 158 Å². The van der Waals surface area contributed by atoms with Crippen LogP contribution in [0.4, 0.5) is 30.4 Å². The van der Waals surface area contributed by atoms with Crippen molar-refractivity contribution < 1.29 is 18.0 Å². The fraction of sp³-hybridized carbons (Fsp3) is 0.0500. The zero-order valence-electron chi connectivity index (χ0n) is 14.3. The van der Waals surface area contributed by atoms with E-state index in [1.807, 2.05) is 6.07 Å². The Morgan fingerprint density at radius 2 is 1.82 bits per heavy atom. The first-order valence-electron chi connectivity index (χ1n) is 8.07. The van der Waals surface area contributed by atoms with Gasteiger partial charge in [0, 0.05) is 17.4 Å². The SMILES string of the molecule is N#Cc1ccccc1NC(=O)c1ccnc(Nc2cccc(C(F)(F)F)c2)c1. The van der Waals surface area contributed by atoms with Crippen molar-refractivity contribution in [3.63, 3.8) is 0 Å². The standard InChI is InChI=1S/C20H13F3N4O/c21-20(22,23)15-5-3-6-16(11-15)26-18-10-13(8-9-25-18)19(28)27-17-7-2-1-4-14(17)12-24/h1-11H,(H,25,26)(H,27,28). The van der Waals surface area contributed by atoms with Crippen molar-refractivity contribution in [2.45, 2.75) is 6.18 Å². The molecule has 1 heterocycles. The van der Waals surface area contributed by atoms with Crippen LogP contribution in [0, 0.1) is 11.3 Å². The highest BCUT2D eigenvalue weighted by Gasteiger charge is 2.30. The number of alkyl halides is 3. The third kappa shape index (κ3) is 4.45. The van der Waals surface area contributed by atoms with Gasteiger partial charge in [0.05, 0.1) is 16.8 Å². The molecule has 5 nitrogen and oxygen atoms in total. The zero-order chi connectivity index (χ0) is 20.1. The molecule has 3 rings (SSSR count). The van der Waals surface area contributed by atoms with Gasteiger partial charge in [-0.1, -0.05) is 18.2 Å². The molecular weight excluding hydrogens is 369 g/mol. The molecule has 8 heteroatoms. The molecular formula is C20H13F3N4O. The van der Waals surface area contributed by atoms with Gasteiger partial charge >= 0.3 is 6.18 Å². The summed E-state index contributed by atoms with van der Waals surface area (Å²) in [6.07, 6.45) is -3.10. The predicted octanol–water partition coefficient (Wildman–Crippen LogP) is 4.97. The fourth-order valence-corrected chi connectivity index (χ4v) is 2.45. The van der Waals surface area contributed by atoms with Crippen LogP contribution in [0.2, 0.25) is 0 Å². The number of hydrogen-bond donors (Lipinski definition) is 2. The van der Waals surface area contributed by atoms with E-state index in [2.05, 4.69) is 15.6 Å². The number of nitrogens with zero attached hydrogens (tertiary/aromatic N) is 2. The maximum atomic E-state index is 12.8. The Morgan fingerprint density at radius 1 is 1.04 bits per heavy atom. The number of carbonyl (C=O) groups is 1. The zero-order valence-corrected chi connectivity index (χ0v) is 14.3. The van der Waals surface area contributed by atoms with Crippen LogP contribution in [-0.2, 0) is 6.18 Å². The number of nitrogens with one attached hydrogen (secondary N) is 2. The molecule has 0 unspecified atom stereocenters. The monoisotopic (exact) mass is 382 g/mol. The molecule has 0 atom stereocenters. The molecule has 3 aromatic rings. The highest BCUT2D eigenvalue weighted by Crippen LogP contribution is 2.31. The lowest BCUT2D eigenvalue weighted by Gasteiger charge is -2.11. The summed E-state index contributed by atoms with van der Waals surface area (Å²) in [6, 6.07) is 16.0. The van der Waals surface area contributed by atoms with Crippen LogP contribution >= 0.6 is 0 Å². The van der Waals surface area contributed by atoms with Crippen LogP contribution in [0.3, 0.4) is 0 Å². The molecule has 0 fully saturated rings. The van der Waals surface area contributed by atoms with E-state index in [4.69, 9.17) is 5.26 Å². The number of carbonyl (C=O) groups excluding carboxylic acids is 1. The topological polar surface area (TPSA) is 77.8 Å². The van der Waals surface area contributed by atoms with Crippen LogP contribution in [0.25, 0.3) is 0 Å². The minimum Gasteiger partial charge on any atom is -0.340 e. The van der Waals surface area contributed by atoms with Crippen molar-refractivity contribution in [2.24, 2.45) is 0 Å². The summed E-state index contributed by atoms with van der Waals surface area (Å²) in [6.45, 7) is 0. The van der Waals surface area contributed by atoms with Gasteiger partial charge in [0.15, 0.2) is 0 Å². The molecule has 0 radical (unpaired) electrons. The van der Waals surface area contributed by atoms with Crippen molar-refractivity contribution in [1.82, 2.24) is 4.98 Å². The first-order valence-corrected chi connectivity index (χ1v) is 8.07. The Hall–Kier alpha value is -3.86. The molecule has 0 aliphatic heterocycles. The number of anilines is 3. The smallest absolute Gasteiger partial charge is 0.340 e. The van der Waals surface area contributed by atoms with E-state index < -0.39 is 17.6 Å². The third-order valence-electron chi connectivity index (χ3n) is 3.78. The number of para-hydroxylation sites is 1. The van der Waals surface area contributed by atoms with Crippen molar-refractivity contribution >= 4 is 23.1 Å². The number of halogens is 3. The van der Waals surface area contributed by atoms with Gasteiger partial charge in [-0.25, -0.2) is 4.98 Å². The summed E-state index contributed by atoms with van der Waals surface area (Å²) >= 11 is 0. The first-order chi connectivity index (χ1) is 13.4. The lowest BCUT2D eigenvalue weighted by Crippen LogP contribution is -2.13. The molecule has 28 heavy (non-hydrogen) atoms. The Kier molecular flexibility index (Phi) is 5.27. The normalized spacial score (nSPS) is 10.8. The molecule has 2 N–H and O–H groups in total. The summed E-state index contributed by atoms with van der Waals surface area (Å²) in [5.74, 6) is -0.266. The molecule has 2 aromatic carbocycles. The number of hydrogen-bond acceptors (Lipinski definition) is 4. The molecule has 140 valence electrons. The van der Waals surface area contributed by atoms with Crippen LogP contribution in [0.1, 0.15) is 21.5 Å². The van der Waals surface area contributed by atoms with Gasteiger partial charge in [-0.3, -0.25) is 4.79 Å². The van der Waals surface area contributed by atoms with Gasteiger partial charge in [-0.05, 0) is 42.5 Å². The van der Waals surface area contributed by atoms with E-state index >= 15 is 0 Å². The maximum absolute atomic E-state index is 12.8. The summed E-state index contributed by atoms with van der Waals surface area (Å²) in [5, 5.41) is 14.5. The summed E-state index contributed by atoms with van der Waals surface area (Å²) in [5.41, 5.74) is 0.304. The predicted molar refractivity (Wildman–Crippen MR) is 98.1 cm³/mol. The second-order valence-corrected chi connectivity index (χ2v) is 5.74. The van der Waals surface area contributed by atoms with E-state index in [1.54, 1.807) is 24.3 Å². The molecule has 0 spiro atoms. The fourth-order valence-electron chi connectivity index (χ4n) is 2.45. The second kappa shape index (κ2) is 7.80.